The summed E-state index contributed by atoms with van der Waals surface area (Å²) in [6.07, 6.45) is 2.67. The van der Waals surface area contributed by atoms with Crippen molar-refractivity contribution in [2.75, 3.05) is 5.73 Å². The van der Waals surface area contributed by atoms with Crippen molar-refractivity contribution in [3.8, 4) is 0 Å². The number of benzene rings is 1. The standard InChI is InChI=1S/C14H15ClFN3/c15-12-3-1-2-10(14(12)16)8-11(17)6-9-4-5-19-13(18)7-9/h1-5,7,11H,6,8,17H2,(H2,18,19). The van der Waals surface area contributed by atoms with Crippen LogP contribution in [0.15, 0.2) is 36.5 Å². The maximum Gasteiger partial charge on any atom is 0.145 e. The third kappa shape index (κ3) is 3.66. The van der Waals surface area contributed by atoms with Gasteiger partial charge in [-0.2, -0.15) is 0 Å². The number of nitrogens with zero attached hydrogens (tertiary/aromatic N) is 1. The number of hydrogen-bond acceptors (Lipinski definition) is 3. The zero-order chi connectivity index (χ0) is 13.8. The molecule has 100 valence electrons. The van der Waals surface area contributed by atoms with E-state index in [0.29, 0.717) is 24.2 Å². The summed E-state index contributed by atoms with van der Waals surface area (Å²) in [5.74, 6) is 0.0625. The van der Waals surface area contributed by atoms with Crippen molar-refractivity contribution in [3.05, 3.63) is 58.5 Å². The van der Waals surface area contributed by atoms with Crippen molar-refractivity contribution >= 4 is 17.4 Å². The van der Waals surface area contributed by atoms with Crippen molar-refractivity contribution in [1.82, 2.24) is 4.98 Å². The topological polar surface area (TPSA) is 64.9 Å². The zero-order valence-corrected chi connectivity index (χ0v) is 11.1. The van der Waals surface area contributed by atoms with Crippen LogP contribution in [0.25, 0.3) is 0 Å². The van der Waals surface area contributed by atoms with Crippen LogP contribution in [0.1, 0.15) is 11.1 Å². The lowest BCUT2D eigenvalue weighted by Crippen LogP contribution is -2.26. The number of halogens is 2. The van der Waals surface area contributed by atoms with E-state index in [0.717, 1.165) is 5.56 Å². The number of aromatic nitrogens is 1. The molecule has 0 aliphatic rings. The molecule has 19 heavy (non-hydrogen) atoms. The minimum Gasteiger partial charge on any atom is -0.384 e. The molecule has 0 fully saturated rings. The summed E-state index contributed by atoms with van der Waals surface area (Å²) in [6, 6.07) is 8.36. The molecule has 0 bridgehead atoms. The molecule has 0 radical (unpaired) electrons. The van der Waals surface area contributed by atoms with Crippen molar-refractivity contribution in [2.24, 2.45) is 5.73 Å². The smallest absolute Gasteiger partial charge is 0.145 e. The van der Waals surface area contributed by atoms with Gasteiger partial charge in [0.25, 0.3) is 0 Å². The van der Waals surface area contributed by atoms with E-state index in [4.69, 9.17) is 23.1 Å². The van der Waals surface area contributed by atoms with Gasteiger partial charge in [-0.05, 0) is 42.2 Å². The van der Waals surface area contributed by atoms with E-state index in [9.17, 15) is 4.39 Å². The maximum absolute atomic E-state index is 13.7. The Labute approximate surface area is 116 Å². The summed E-state index contributed by atoms with van der Waals surface area (Å²) in [6.45, 7) is 0. The Bertz CT molecular complexity index is 574. The number of pyridine rings is 1. The second-order valence-corrected chi connectivity index (χ2v) is 4.88. The summed E-state index contributed by atoms with van der Waals surface area (Å²) < 4.78 is 13.7. The Hall–Kier alpha value is -1.65. The second kappa shape index (κ2) is 5.99. The van der Waals surface area contributed by atoms with E-state index in [-0.39, 0.29) is 11.1 Å². The monoisotopic (exact) mass is 279 g/mol. The minimum atomic E-state index is -0.395. The molecule has 0 aliphatic heterocycles. The van der Waals surface area contributed by atoms with Gasteiger partial charge in [0.15, 0.2) is 0 Å². The van der Waals surface area contributed by atoms with Crippen LogP contribution in [-0.2, 0) is 12.8 Å². The Kier molecular flexibility index (Phi) is 4.35. The van der Waals surface area contributed by atoms with Crippen LogP contribution >= 0.6 is 11.6 Å². The number of nitrogens with two attached hydrogens (primary N) is 2. The fraction of sp³-hybridized carbons (Fsp3) is 0.214. The lowest BCUT2D eigenvalue weighted by atomic mass is 10.00. The van der Waals surface area contributed by atoms with Crippen LogP contribution in [0.5, 0.6) is 0 Å². The maximum atomic E-state index is 13.7. The molecule has 0 amide bonds. The van der Waals surface area contributed by atoms with Crippen LogP contribution in [0, 0.1) is 5.82 Å². The molecular formula is C14H15ClFN3. The van der Waals surface area contributed by atoms with Gasteiger partial charge in [0.2, 0.25) is 0 Å². The highest BCUT2D eigenvalue weighted by atomic mass is 35.5. The SMILES string of the molecule is Nc1cc(CC(N)Cc2cccc(Cl)c2F)ccn1. The zero-order valence-electron chi connectivity index (χ0n) is 10.3. The number of nitrogen functional groups attached to an aromatic ring is 1. The third-order valence-electron chi connectivity index (χ3n) is 2.86. The molecule has 0 aliphatic carbocycles. The van der Waals surface area contributed by atoms with Gasteiger partial charge in [0.1, 0.15) is 11.6 Å². The first-order valence-corrected chi connectivity index (χ1v) is 6.33. The van der Waals surface area contributed by atoms with Crippen molar-refractivity contribution in [1.29, 1.82) is 0 Å². The van der Waals surface area contributed by atoms with Gasteiger partial charge >= 0.3 is 0 Å². The molecule has 0 saturated heterocycles. The lowest BCUT2D eigenvalue weighted by molar-refractivity contribution is 0.584. The average molecular weight is 280 g/mol. The van der Waals surface area contributed by atoms with E-state index in [1.807, 2.05) is 6.07 Å². The molecule has 5 heteroatoms. The van der Waals surface area contributed by atoms with Crippen LogP contribution in [0.4, 0.5) is 10.2 Å². The highest BCUT2D eigenvalue weighted by Crippen LogP contribution is 2.19. The first-order valence-electron chi connectivity index (χ1n) is 5.95. The molecule has 0 saturated carbocycles. The first-order chi connectivity index (χ1) is 9.06. The van der Waals surface area contributed by atoms with Crippen molar-refractivity contribution in [2.45, 2.75) is 18.9 Å². The summed E-state index contributed by atoms with van der Waals surface area (Å²) in [7, 11) is 0. The van der Waals surface area contributed by atoms with Gasteiger partial charge in [0.05, 0.1) is 5.02 Å². The van der Waals surface area contributed by atoms with Crippen molar-refractivity contribution < 1.29 is 4.39 Å². The normalized spacial score (nSPS) is 12.4. The number of hydrogen-bond donors (Lipinski definition) is 2. The lowest BCUT2D eigenvalue weighted by Gasteiger charge is -2.13. The van der Waals surface area contributed by atoms with Crippen LogP contribution in [0.2, 0.25) is 5.02 Å². The summed E-state index contributed by atoms with van der Waals surface area (Å²) in [4.78, 5) is 3.92. The Morgan fingerprint density at radius 2 is 2.05 bits per heavy atom. The van der Waals surface area contributed by atoms with E-state index >= 15 is 0 Å². The molecule has 3 nitrogen and oxygen atoms in total. The highest BCUT2D eigenvalue weighted by Gasteiger charge is 2.11. The van der Waals surface area contributed by atoms with E-state index in [1.165, 1.54) is 6.07 Å². The van der Waals surface area contributed by atoms with Crippen LogP contribution < -0.4 is 11.5 Å². The highest BCUT2D eigenvalue weighted by molar-refractivity contribution is 6.30. The minimum absolute atomic E-state index is 0.123. The molecule has 1 unspecified atom stereocenters. The predicted molar refractivity (Wildman–Crippen MR) is 75.4 cm³/mol. The fourth-order valence-electron chi connectivity index (χ4n) is 1.98. The molecule has 1 heterocycles. The predicted octanol–water partition coefficient (Wildman–Crippen LogP) is 2.57. The molecule has 0 spiro atoms. The quantitative estimate of drug-likeness (QED) is 0.904. The van der Waals surface area contributed by atoms with Crippen LogP contribution in [-0.4, -0.2) is 11.0 Å². The number of anilines is 1. The van der Waals surface area contributed by atoms with Crippen molar-refractivity contribution in [3.63, 3.8) is 0 Å². The molecule has 4 N–H and O–H groups in total. The third-order valence-corrected chi connectivity index (χ3v) is 3.15. The van der Waals surface area contributed by atoms with Gasteiger partial charge in [-0.1, -0.05) is 23.7 Å². The van der Waals surface area contributed by atoms with Gasteiger partial charge in [-0.25, -0.2) is 9.37 Å². The molecule has 2 aromatic rings. The molecule has 2 rings (SSSR count). The number of rotatable bonds is 4. The second-order valence-electron chi connectivity index (χ2n) is 4.47. The molecule has 1 aromatic heterocycles. The Balaban J connectivity index is 2.05. The first kappa shape index (κ1) is 13.8. The van der Waals surface area contributed by atoms with Gasteiger partial charge in [-0.15, -0.1) is 0 Å². The van der Waals surface area contributed by atoms with Gasteiger partial charge < -0.3 is 11.5 Å². The summed E-state index contributed by atoms with van der Waals surface area (Å²) in [5.41, 5.74) is 13.2. The molecular weight excluding hydrogens is 265 g/mol. The summed E-state index contributed by atoms with van der Waals surface area (Å²) in [5, 5.41) is 0.123. The Morgan fingerprint density at radius 3 is 2.79 bits per heavy atom. The molecule has 1 aromatic carbocycles. The van der Waals surface area contributed by atoms with E-state index in [1.54, 1.807) is 24.4 Å². The fourth-order valence-corrected chi connectivity index (χ4v) is 2.18. The van der Waals surface area contributed by atoms with E-state index in [2.05, 4.69) is 4.98 Å². The summed E-state index contributed by atoms with van der Waals surface area (Å²) >= 11 is 5.74. The average Bonchev–Trinajstić information content (AvgIpc) is 2.35. The van der Waals surface area contributed by atoms with E-state index < -0.39 is 5.82 Å². The Morgan fingerprint density at radius 1 is 1.26 bits per heavy atom. The van der Waals surface area contributed by atoms with Gasteiger partial charge in [-0.3, -0.25) is 0 Å². The molecule has 1 atom stereocenters. The van der Waals surface area contributed by atoms with Gasteiger partial charge in [0, 0.05) is 12.2 Å². The van der Waals surface area contributed by atoms with Crippen LogP contribution in [0.3, 0.4) is 0 Å². The largest absolute Gasteiger partial charge is 0.384 e.